The Labute approximate surface area is 118 Å². The van der Waals surface area contributed by atoms with Gasteiger partial charge in [-0.15, -0.1) is 0 Å². The summed E-state index contributed by atoms with van der Waals surface area (Å²) < 4.78 is 0. The van der Waals surface area contributed by atoms with Crippen LogP contribution < -0.4 is 5.32 Å². The average Bonchev–Trinajstić information content (AvgIpc) is 3.26. The summed E-state index contributed by atoms with van der Waals surface area (Å²) in [7, 11) is 0. The number of hydrogen-bond acceptors (Lipinski definition) is 1. The molecule has 3 nitrogen and oxygen atoms in total. The van der Waals surface area contributed by atoms with Crippen molar-refractivity contribution < 1.29 is 4.79 Å². The van der Waals surface area contributed by atoms with Gasteiger partial charge in [0, 0.05) is 19.1 Å². The predicted octanol–water partition coefficient (Wildman–Crippen LogP) is 3.93. The van der Waals surface area contributed by atoms with Gasteiger partial charge in [-0.25, -0.2) is 4.79 Å². The van der Waals surface area contributed by atoms with Gasteiger partial charge in [0.05, 0.1) is 0 Å². The number of nitrogens with zero attached hydrogens (tertiary/aromatic N) is 1. The molecule has 2 rings (SSSR count). The summed E-state index contributed by atoms with van der Waals surface area (Å²) in [6.45, 7) is 4.05. The van der Waals surface area contributed by atoms with Crippen LogP contribution in [0.1, 0.15) is 71.1 Å². The summed E-state index contributed by atoms with van der Waals surface area (Å²) in [5, 5.41) is 3.13. The van der Waals surface area contributed by atoms with E-state index in [0.29, 0.717) is 6.04 Å². The van der Waals surface area contributed by atoms with Gasteiger partial charge in [0.2, 0.25) is 0 Å². The number of carbonyl (C=O) groups is 1. The van der Waals surface area contributed by atoms with Crippen LogP contribution in [0.3, 0.4) is 0 Å². The maximum absolute atomic E-state index is 12.4. The molecule has 0 aromatic rings. The van der Waals surface area contributed by atoms with E-state index in [2.05, 4.69) is 17.1 Å². The lowest BCUT2D eigenvalue weighted by atomic mass is 9.94. The van der Waals surface area contributed by atoms with Crippen molar-refractivity contribution in [3.8, 4) is 0 Å². The van der Waals surface area contributed by atoms with Crippen molar-refractivity contribution in [2.24, 2.45) is 5.92 Å². The molecular formula is C16H30N2O. The quantitative estimate of drug-likeness (QED) is 0.696. The highest BCUT2D eigenvalue weighted by atomic mass is 16.2. The molecule has 0 saturated heterocycles. The van der Waals surface area contributed by atoms with Crippen molar-refractivity contribution in [2.75, 3.05) is 13.1 Å². The van der Waals surface area contributed by atoms with Crippen molar-refractivity contribution in [3.05, 3.63) is 0 Å². The first-order valence-corrected chi connectivity index (χ1v) is 8.35. The van der Waals surface area contributed by atoms with Crippen LogP contribution in [0, 0.1) is 5.92 Å². The lowest BCUT2D eigenvalue weighted by molar-refractivity contribution is 0.152. The van der Waals surface area contributed by atoms with Crippen molar-refractivity contribution in [3.63, 3.8) is 0 Å². The number of nitrogens with one attached hydrogen (secondary N) is 1. The third-order valence-corrected chi connectivity index (χ3v) is 4.48. The molecule has 0 atom stereocenters. The highest BCUT2D eigenvalue weighted by molar-refractivity contribution is 5.74. The largest absolute Gasteiger partial charge is 0.338 e. The van der Waals surface area contributed by atoms with Crippen LogP contribution in [0.5, 0.6) is 0 Å². The first kappa shape index (κ1) is 14.7. The predicted molar refractivity (Wildman–Crippen MR) is 79.2 cm³/mol. The second-order valence-corrected chi connectivity index (χ2v) is 6.33. The summed E-state index contributed by atoms with van der Waals surface area (Å²) in [5.74, 6) is 0.795. The van der Waals surface area contributed by atoms with Crippen LogP contribution in [-0.2, 0) is 0 Å². The van der Waals surface area contributed by atoms with E-state index in [1.165, 1.54) is 57.8 Å². The monoisotopic (exact) mass is 266 g/mol. The smallest absolute Gasteiger partial charge is 0.317 e. The zero-order valence-corrected chi connectivity index (χ0v) is 12.5. The van der Waals surface area contributed by atoms with Gasteiger partial charge in [-0.3, -0.25) is 0 Å². The second kappa shape index (κ2) is 7.76. The Morgan fingerprint density at radius 3 is 2.47 bits per heavy atom. The number of rotatable bonds is 7. The van der Waals surface area contributed by atoms with Crippen molar-refractivity contribution >= 4 is 6.03 Å². The Kier molecular flexibility index (Phi) is 5.99. The van der Waals surface area contributed by atoms with Gasteiger partial charge in [0.1, 0.15) is 0 Å². The van der Waals surface area contributed by atoms with Gasteiger partial charge in [-0.05, 0) is 38.0 Å². The maximum Gasteiger partial charge on any atom is 0.317 e. The van der Waals surface area contributed by atoms with Crippen LogP contribution in [0.2, 0.25) is 0 Å². The zero-order valence-electron chi connectivity index (χ0n) is 12.5. The molecule has 0 aliphatic heterocycles. The molecule has 0 heterocycles. The van der Waals surface area contributed by atoms with E-state index >= 15 is 0 Å². The highest BCUT2D eigenvalue weighted by Gasteiger charge is 2.31. The molecule has 2 amide bonds. The fourth-order valence-electron chi connectivity index (χ4n) is 3.04. The highest BCUT2D eigenvalue weighted by Crippen LogP contribution is 2.32. The number of amides is 2. The van der Waals surface area contributed by atoms with Gasteiger partial charge >= 0.3 is 6.03 Å². The lowest BCUT2D eigenvalue weighted by Gasteiger charge is -2.34. The van der Waals surface area contributed by atoms with Gasteiger partial charge in [-0.1, -0.05) is 39.0 Å². The fourth-order valence-corrected chi connectivity index (χ4v) is 3.04. The Balaban J connectivity index is 1.78. The third kappa shape index (κ3) is 5.04. The molecule has 0 radical (unpaired) electrons. The van der Waals surface area contributed by atoms with E-state index in [4.69, 9.17) is 0 Å². The molecule has 1 N–H and O–H groups in total. The molecule has 2 aliphatic rings. The van der Waals surface area contributed by atoms with Gasteiger partial charge < -0.3 is 10.2 Å². The van der Waals surface area contributed by atoms with Crippen LogP contribution in [0.15, 0.2) is 0 Å². The van der Waals surface area contributed by atoms with E-state index in [0.717, 1.165) is 25.4 Å². The third-order valence-electron chi connectivity index (χ3n) is 4.48. The molecule has 2 fully saturated rings. The van der Waals surface area contributed by atoms with Crippen LogP contribution >= 0.6 is 0 Å². The Hall–Kier alpha value is -0.730. The normalized spacial score (nSPS) is 20.3. The Morgan fingerprint density at radius 2 is 1.84 bits per heavy atom. The second-order valence-electron chi connectivity index (χ2n) is 6.33. The number of unbranched alkanes of at least 4 members (excludes halogenated alkanes) is 2. The molecule has 3 heteroatoms. The summed E-state index contributed by atoms with van der Waals surface area (Å²) in [6.07, 6.45) is 12.6. The number of urea groups is 1. The van der Waals surface area contributed by atoms with E-state index in [-0.39, 0.29) is 6.03 Å². The fraction of sp³-hybridized carbons (Fsp3) is 0.938. The molecule has 19 heavy (non-hydrogen) atoms. The van der Waals surface area contributed by atoms with Crippen LogP contribution in [0.25, 0.3) is 0 Å². The molecule has 0 aromatic heterocycles. The Morgan fingerprint density at radius 1 is 1.11 bits per heavy atom. The van der Waals surface area contributed by atoms with Gasteiger partial charge in [-0.2, -0.15) is 0 Å². The van der Waals surface area contributed by atoms with Crippen LogP contribution in [0.4, 0.5) is 4.79 Å². The van der Waals surface area contributed by atoms with E-state index in [1.54, 1.807) is 0 Å². The number of hydrogen-bond donors (Lipinski definition) is 1. The zero-order chi connectivity index (χ0) is 13.5. The molecule has 0 bridgehead atoms. The van der Waals surface area contributed by atoms with Crippen molar-refractivity contribution in [2.45, 2.75) is 77.2 Å². The standard InChI is InChI=1S/C16H30N2O/c1-2-3-7-12-17-16(19)18(13-14-10-11-14)15-8-5-4-6-9-15/h14-15H,2-13H2,1H3,(H,17,19). The summed E-state index contributed by atoms with van der Waals surface area (Å²) in [6, 6.07) is 0.718. The number of carbonyl (C=O) groups excluding carboxylic acids is 1. The SMILES string of the molecule is CCCCCNC(=O)N(CC1CC1)C1CCCCC1. The molecule has 2 saturated carbocycles. The minimum absolute atomic E-state index is 0.204. The molecule has 0 unspecified atom stereocenters. The van der Waals surface area contributed by atoms with Gasteiger partial charge in [0.25, 0.3) is 0 Å². The minimum Gasteiger partial charge on any atom is -0.338 e. The molecule has 110 valence electrons. The molecule has 2 aliphatic carbocycles. The topological polar surface area (TPSA) is 32.3 Å². The summed E-state index contributed by atoms with van der Waals surface area (Å²) in [4.78, 5) is 14.6. The summed E-state index contributed by atoms with van der Waals surface area (Å²) >= 11 is 0. The minimum atomic E-state index is 0.204. The molecular weight excluding hydrogens is 236 g/mol. The Bertz CT molecular complexity index is 270. The van der Waals surface area contributed by atoms with Crippen molar-refractivity contribution in [1.29, 1.82) is 0 Å². The average molecular weight is 266 g/mol. The van der Waals surface area contributed by atoms with E-state index in [1.807, 2.05) is 0 Å². The summed E-state index contributed by atoms with van der Waals surface area (Å²) in [5.41, 5.74) is 0. The maximum atomic E-state index is 12.4. The van der Waals surface area contributed by atoms with E-state index < -0.39 is 0 Å². The molecule has 0 spiro atoms. The first-order valence-electron chi connectivity index (χ1n) is 8.35. The van der Waals surface area contributed by atoms with Crippen molar-refractivity contribution in [1.82, 2.24) is 10.2 Å². The lowest BCUT2D eigenvalue weighted by Crippen LogP contribution is -2.48. The van der Waals surface area contributed by atoms with E-state index in [9.17, 15) is 4.79 Å². The van der Waals surface area contributed by atoms with Crippen LogP contribution in [-0.4, -0.2) is 30.1 Å². The van der Waals surface area contributed by atoms with Gasteiger partial charge in [0.15, 0.2) is 0 Å². The first-order chi connectivity index (χ1) is 9.31. The molecule has 0 aromatic carbocycles.